The van der Waals surface area contributed by atoms with Gasteiger partial charge in [0.05, 0.1) is 0 Å². The quantitative estimate of drug-likeness (QED) is 0.329. The minimum absolute atomic E-state index is 0. The predicted octanol–water partition coefficient (Wildman–Crippen LogP) is -2.00. The largest absolute Gasteiger partial charge is 0.187 e. The minimum atomic E-state index is 0. The molecule has 0 heterocycles. The normalized spacial score (nSPS) is 0. The first kappa shape index (κ1) is 50.8. The molecule has 3 heteroatoms. The summed E-state index contributed by atoms with van der Waals surface area (Å²) in [5.74, 6) is 0. The number of hydrogen-bond donors (Lipinski definition) is 0. The van der Waals surface area contributed by atoms with E-state index in [4.69, 9.17) is 0 Å². The van der Waals surface area contributed by atoms with Gasteiger partial charge >= 0.3 is 0 Å². The molecule has 0 amide bonds. The van der Waals surface area contributed by atoms with Crippen LogP contribution in [0.2, 0.25) is 0 Å². The van der Waals surface area contributed by atoms with Crippen LogP contribution in [0, 0.1) is 0 Å². The fourth-order valence-corrected chi connectivity index (χ4v) is 0. The zero-order valence-corrected chi connectivity index (χ0v) is 2.06. The van der Waals surface area contributed by atoms with Gasteiger partial charge < -0.3 is 0 Å². The summed E-state index contributed by atoms with van der Waals surface area (Å²) >= 11 is 0. The summed E-state index contributed by atoms with van der Waals surface area (Å²) in [6.45, 7) is 0. The molecule has 26 valence electrons. The molecule has 0 radical (unpaired) electrons. The first-order valence-electron chi connectivity index (χ1n) is 0. The molecule has 0 fully saturated rings. The molecule has 4 heavy (non-hydrogen) atoms. The maximum absolute atomic E-state index is 0. The van der Waals surface area contributed by atoms with Gasteiger partial charge in [-0.3, -0.25) is 0 Å². The standard InChI is InChI=1S/CH4.Al.H4Si.Ti.3H/h1H4;;1H4;;;;. The molecule has 0 aliphatic carbocycles. The Hall–Kier alpha value is 1.46. The molecule has 0 saturated heterocycles. The van der Waals surface area contributed by atoms with Crippen LogP contribution < -0.4 is 0 Å². The van der Waals surface area contributed by atoms with Gasteiger partial charge in [0.2, 0.25) is 0 Å². The summed E-state index contributed by atoms with van der Waals surface area (Å²) in [5.41, 5.74) is 0. The summed E-state index contributed by atoms with van der Waals surface area (Å²) in [5, 5.41) is 0. The van der Waals surface area contributed by atoms with E-state index in [0.717, 1.165) is 0 Å². The summed E-state index contributed by atoms with van der Waals surface area (Å²) in [4.78, 5) is 0. The molecule has 0 aliphatic heterocycles. The van der Waals surface area contributed by atoms with Crippen molar-refractivity contribution >= 4 is 28.3 Å². The van der Waals surface area contributed by atoms with E-state index in [9.17, 15) is 0 Å². The smallest absolute Gasteiger partial charge is 0.0776 e. The van der Waals surface area contributed by atoms with Gasteiger partial charge in [-0.2, -0.15) is 0 Å². The van der Waals surface area contributed by atoms with Crippen molar-refractivity contribution < 1.29 is 21.7 Å². The van der Waals surface area contributed by atoms with Gasteiger partial charge in [-0.25, -0.2) is 0 Å². The van der Waals surface area contributed by atoms with E-state index in [1.807, 2.05) is 0 Å². The topological polar surface area (TPSA) is 0 Å². The Morgan fingerprint density at radius 2 is 1.00 bits per heavy atom. The summed E-state index contributed by atoms with van der Waals surface area (Å²) in [6.07, 6.45) is 0. The molecule has 0 aliphatic rings. The second-order valence-corrected chi connectivity index (χ2v) is 0. The van der Waals surface area contributed by atoms with Crippen LogP contribution in [0.3, 0.4) is 0 Å². The number of hydrogen-bond acceptors (Lipinski definition) is 0. The van der Waals surface area contributed by atoms with Crippen molar-refractivity contribution in [1.82, 2.24) is 0 Å². The molecule has 0 aromatic carbocycles. The first-order valence-corrected chi connectivity index (χ1v) is 0. The van der Waals surface area contributed by atoms with Gasteiger partial charge in [-0.05, 0) is 11.0 Å². The van der Waals surface area contributed by atoms with E-state index in [-0.39, 0.29) is 57.5 Å². The number of rotatable bonds is 0. The van der Waals surface area contributed by atoms with Crippen LogP contribution in [-0.4, -0.2) is 28.3 Å². The minimum Gasteiger partial charge on any atom is -0.0776 e. The third-order valence-electron chi connectivity index (χ3n) is 0. The molecule has 0 aromatic rings. The van der Waals surface area contributed by atoms with Gasteiger partial charge in [0.25, 0.3) is 0 Å². The van der Waals surface area contributed by atoms with Crippen LogP contribution in [0.25, 0.3) is 0 Å². The summed E-state index contributed by atoms with van der Waals surface area (Å²) in [7, 11) is 0. The maximum Gasteiger partial charge on any atom is 0.187 e. The van der Waals surface area contributed by atoms with Crippen molar-refractivity contribution in [1.29, 1.82) is 0 Å². The Bertz CT molecular complexity index is 8.00. The Kier molecular flexibility index (Phi) is 318. The molecule has 0 bridgehead atoms. The summed E-state index contributed by atoms with van der Waals surface area (Å²) < 4.78 is 0. The first-order chi connectivity index (χ1) is 0. The van der Waals surface area contributed by atoms with Crippen molar-refractivity contribution in [3.63, 3.8) is 0 Å². The van der Waals surface area contributed by atoms with Crippen molar-refractivity contribution in [2.75, 3.05) is 0 Å². The second-order valence-electron chi connectivity index (χ2n) is 0. The van der Waals surface area contributed by atoms with Gasteiger partial charge in [0.1, 0.15) is 0 Å². The molecule has 0 aromatic heterocycles. The third-order valence-corrected chi connectivity index (χ3v) is 0. The maximum atomic E-state index is 0. The molecule has 0 spiro atoms. The van der Waals surface area contributed by atoms with E-state index in [2.05, 4.69) is 0 Å². The van der Waals surface area contributed by atoms with E-state index in [0.29, 0.717) is 0 Å². The van der Waals surface area contributed by atoms with Crippen molar-refractivity contribution in [3.8, 4) is 0 Å². The molecule has 0 unspecified atom stereocenters. The third kappa shape index (κ3) is 9.81. The van der Waals surface area contributed by atoms with Crippen molar-refractivity contribution in [2.24, 2.45) is 0 Å². The SMILES string of the molecule is C.[AlH3].[SiH4].[Ti]. The molecule has 0 N–H and O–H groups in total. The van der Waals surface area contributed by atoms with Gasteiger partial charge in [0.15, 0.2) is 17.4 Å². The second kappa shape index (κ2) is 25.0. The summed E-state index contributed by atoms with van der Waals surface area (Å²) in [6, 6.07) is 0. The van der Waals surface area contributed by atoms with Crippen LogP contribution in [0.15, 0.2) is 0 Å². The molecular weight excluding hydrogens is 115 g/mol. The average Bonchev–Trinajstić information content (AvgIpc) is 0. The van der Waals surface area contributed by atoms with Gasteiger partial charge in [0, 0.05) is 21.7 Å². The van der Waals surface area contributed by atoms with E-state index >= 15 is 0 Å². The van der Waals surface area contributed by atoms with Crippen LogP contribution in [-0.2, 0) is 21.7 Å². The van der Waals surface area contributed by atoms with E-state index in [1.54, 1.807) is 0 Å². The van der Waals surface area contributed by atoms with Crippen molar-refractivity contribution in [3.05, 3.63) is 0 Å². The zero-order chi connectivity index (χ0) is 0. The fourth-order valence-electron chi connectivity index (χ4n) is 0. The predicted molar refractivity (Wildman–Crippen MR) is 28.0 cm³/mol. The van der Waals surface area contributed by atoms with Crippen LogP contribution >= 0.6 is 0 Å². The van der Waals surface area contributed by atoms with Crippen LogP contribution in [0.5, 0.6) is 0 Å². The molecular formula is CH11AlSiTi. The monoisotopic (exact) mass is 126 g/mol. The molecule has 0 rings (SSSR count). The molecule has 0 atom stereocenters. The van der Waals surface area contributed by atoms with Gasteiger partial charge in [-0.15, -0.1) is 0 Å². The van der Waals surface area contributed by atoms with Crippen LogP contribution in [0.4, 0.5) is 0 Å². The Morgan fingerprint density at radius 1 is 1.00 bits per heavy atom. The van der Waals surface area contributed by atoms with Gasteiger partial charge in [-0.1, -0.05) is 7.43 Å². The Balaban J connectivity index is 0. The average molecular weight is 126 g/mol. The van der Waals surface area contributed by atoms with Crippen molar-refractivity contribution in [2.45, 2.75) is 7.43 Å². The molecule has 0 nitrogen and oxygen atoms in total. The van der Waals surface area contributed by atoms with E-state index in [1.165, 1.54) is 0 Å². The van der Waals surface area contributed by atoms with Crippen LogP contribution in [0.1, 0.15) is 7.43 Å². The Morgan fingerprint density at radius 3 is 1.00 bits per heavy atom. The Labute approximate surface area is 57.4 Å². The fraction of sp³-hybridized carbons (Fsp3) is 1.00. The molecule has 0 saturated carbocycles. The zero-order valence-electron chi connectivity index (χ0n) is 0.500. The van der Waals surface area contributed by atoms with E-state index < -0.39 is 0 Å².